The number of halogens is 3. The molecule has 1 aromatic carbocycles. The first-order valence-electron chi connectivity index (χ1n) is 6.18. The summed E-state index contributed by atoms with van der Waals surface area (Å²) in [6, 6.07) is 5.25. The van der Waals surface area contributed by atoms with Crippen molar-refractivity contribution in [3.8, 4) is 0 Å². The molecule has 1 unspecified atom stereocenters. The van der Waals surface area contributed by atoms with E-state index in [2.05, 4.69) is 10.3 Å². The number of rotatable bonds is 4. The standard InChI is InChI=1S/C14H15F3N2S/c1-9(18-7-11-8-20-10(2)19-11)12-5-3-4-6-13(12)14(15,16)17/h3-6,8-9,18H,7H2,1-2H3. The number of hydrogen-bond donors (Lipinski definition) is 1. The quantitative estimate of drug-likeness (QED) is 0.909. The van der Waals surface area contributed by atoms with Crippen LogP contribution in [0.3, 0.4) is 0 Å². The maximum Gasteiger partial charge on any atom is 0.416 e. The molecule has 0 aliphatic carbocycles. The Labute approximate surface area is 119 Å². The lowest BCUT2D eigenvalue weighted by molar-refractivity contribution is -0.138. The van der Waals surface area contributed by atoms with Gasteiger partial charge < -0.3 is 5.32 Å². The van der Waals surface area contributed by atoms with Crippen molar-refractivity contribution in [2.45, 2.75) is 32.6 Å². The monoisotopic (exact) mass is 300 g/mol. The Bertz CT molecular complexity index is 578. The van der Waals surface area contributed by atoms with Crippen molar-refractivity contribution >= 4 is 11.3 Å². The van der Waals surface area contributed by atoms with Crippen LogP contribution in [-0.2, 0) is 12.7 Å². The topological polar surface area (TPSA) is 24.9 Å². The molecule has 0 radical (unpaired) electrons. The van der Waals surface area contributed by atoms with E-state index in [1.54, 1.807) is 13.0 Å². The second kappa shape index (κ2) is 5.93. The average molecular weight is 300 g/mol. The van der Waals surface area contributed by atoms with Gasteiger partial charge in [-0.25, -0.2) is 4.98 Å². The molecule has 20 heavy (non-hydrogen) atoms. The third-order valence-corrected chi connectivity index (χ3v) is 3.81. The summed E-state index contributed by atoms with van der Waals surface area (Å²) in [6.45, 7) is 4.08. The number of nitrogens with one attached hydrogen (secondary N) is 1. The number of aromatic nitrogens is 1. The summed E-state index contributed by atoms with van der Waals surface area (Å²) < 4.78 is 38.8. The summed E-state index contributed by atoms with van der Waals surface area (Å²) >= 11 is 1.53. The number of benzene rings is 1. The van der Waals surface area contributed by atoms with Crippen LogP contribution < -0.4 is 5.32 Å². The molecular weight excluding hydrogens is 285 g/mol. The Balaban J connectivity index is 2.11. The fourth-order valence-corrected chi connectivity index (χ4v) is 2.60. The molecule has 1 N–H and O–H groups in total. The molecule has 6 heteroatoms. The molecule has 1 heterocycles. The third-order valence-electron chi connectivity index (χ3n) is 2.99. The zero-order valence-corrected chi connectivity index (χ0v) is 12.0. The van der Waals surface area contributed by atoms with Crippen LogP contribution in [0.25, 0.3) is 0 Å². The molecule has 0 amide bonds. The summed E-state index contributed by atoms with van der Waals surface area (Å²) in [6.07, 6.45) is -4.33. The van der Waals surface area contributed by atoms with Crippen LogP contribution in [0.15, 0.2) is 29.6 Å². The van der Waals surface area contributed by atoms with Gasteiger partial charge in [0.15, 0.2) is 0 Å². The van der Waals surface area contributed by atoms with Crippen molar-refractivity contribution in [2.75, 3.05) is 0 Å². The maximum absolute atomic E-state index is 12.9. The van der Waals surface area contributed by atoms with Crippen molar-refractivity contribution in [1.82, 2.24) is 10.3 Å². The molecule has 0 fully saturated rings. The van der Waals surface area contributed by atoms with Crippen molar-refractivity contribution in [1.29, 1.82) is 0 Å². The van der Waals surface area contributed by atoms with Crippen LogP contribution in [0, 0.1) is 6.92 Å². The van der Waals surface area contributed by atoms with E-state index in [1.165, 1.54) is 23.5 Å². The Morgan fingerprint density at radius 3 is 2.60 bits per heavy atom. The van der Waals surface area contributed by atoms with E-state index in [9.17, 15) is 13.2 Å². The molecule has 0 bridgehead atoms. The molecule has 1 aromatic heterocycles. The van der Waals surface area contributed by atoms with E-state index < -0.39 is 17.8 Å². The van der Waals surface area contributed by atoms with Crippen LogP contribution in [-0.4, -0.2) is 4.98 Å². The Kier molecular flexibility index (Phi) is 4.45. The molecule has 108 valence electrons. The average Bonchev–Trinajstić information content (AvgIpc) is 2.81. The third kappa shape index (κ3) is 3.58. The molecule has 1 atom stereocenters. The van der Waals surface area contributed by atoms with E-state index >= 15 is 0 Å². The van der Waals surface area contributed by atoms with Gasteiger partial charge in [-0.3, -0.25) is 0 Å². The number of nitrogens with zero attached hydrogens (tertiary/aromatic N) is 1. The van der Waals surface area contributed by atoms with Gasteiger partial charge in [0.25, 0.3) is 0 Å². The number of thiazole rings is 1. The molecular formula is C14H15F3N2S. The van der Waals surface area contributed by atoms with Gasteiger partial charge in [0.2, 0.25) is 0 Å². The van der Waals surface area contributed by atoms with Crippen LogP contribution in [0.5, 0.6) is 0 Å². The van der Waals surface area contributed by atoms with Crippen LogP contribution >= 0.6 is 11.3 Å². The smallest absolute Gasteiger partial charge is 0.305 e. The van der Waals surface area contributed by atoms with Gasteiger partial charge in [-0.05, 0) is 25.5 Å². The van der Waals surface area contributed by atoms with Crippen molar-refractivity contribution in [3.63, 3.8) is 0 Å². The molecule has 0 saturated heterocycles. The zero-order valence-electron chi connectivity index (χ0n) is 11.2. The molecule has 0 spiro atoms. The van der Waals surface area contributed by atoms with E-state index in [4.69, 9.17) is 0 Å². The van der Waals surface area contributed by atoms with Crippen LogP contribution in [0.1, 0.15) is 34.8 Å². The van der Waals surface area contributed by atoms with Crippen LogP contribution in [0.4, 0.5) is 13.2 Å². The van der Waals surface area contributed by atoms with Gasteiger partial charge in [-0.1, -0.05) is 18.2 Å². The summed E-state index contributed by atoms with van der Waals surface area (Å²) in [5, 5.41) is 5.94. The Morgan fingerprint density at radius 1 is 1.30 bits per heavy atom. The fourth-order valence-electron chi connectivity index (χ4n) is 1.99. The summed E-state index contributed by atoms with van der Waals surface area (Å²) in [7, 11) is 0. The minimum atomic E-state index is -4.33. The van der Waals surface area contributed by atoms with Gasteiger partial charge in [-0.2, -0.15) is 13.2 Å². The minimum Gasteiger partial charge on any atom is -0.305 e. The molecule has 0 aliphatic heterocycles. The first-order chi connectivity index (χ1) is 9.38. The molecule has 2 rings (SSSR count). The van der Waals surface area contributed by atoms with Gasteiger partial charge >= 0.3 is 6.18 Å². The fraction of sp³-hybridized carbons (Fsp3) is 0.357. The predicted octanol–water partition coefficient (Wildman–Crippen LogP) is 4.32. The largest absolute Gasteiger partial charge is 0.416 e. The number of aryl methyl sites for hydroxylation is 1. The molecule has 0 saturated carbocycles. The summed E-state index contributed by atoms with van der Waals surface area (Å²) in [5.41, 5.74) is 0.519. The predicted molar refractivity (Wildman–Crippen MR) is 73.5 cm³/mol. The minimum absolute atomic E-state index is 0.256. The first-order valence-corrected chi connectivity index (χ1v) is 7.06. The maximum atomic E-state index is 12.9. The van der Waals surface area contributed by atoms with E-state index in [1.807, 2.05) is 12.3 Å². The molecule has 0 aliphatic rings. The lowest BCUT2D eigenvalue weighted by Gasteiger charge is -2.19. The lowest BCUT2D eigenvalue weighted by Crippen LogP contribution is -2.21. The normalized spacial score (nSPS) is 13.4. The highest BCUT2D eigenvalue weighted by molar-refractivity contribution is 7.09. The van der Waals surface area contributed by atoms with E-state index in [0.29, 0.717) is 6.54 Å². The van der Waals surface area contributed by atoms with Gasteiger partial charge in [-0.15, -0.1) is 11.3 Å². The van der Waals surface area contributed by atoms with Gasteiger partial charge in [0, 0.05) is 18.0 Å². The second-order valence-electron chi connectivity index (χ2n) is 4.55. The summed E-state index contributed by atoms with van der Waals surface area (Å²) in [4.78, 5) is 4.28. The second-order valence-corrected chi connectivity index (χ2v) is 5.61. The molecule has 2 nitrogen and oxygen atoms in total. The highest BCUT2D eigenvalue weighted by atomic mass is 32.1. The number of hydrogen-bond acceptors (Lipinski definition) is 3. The van der Waals surface area contributed by atoms with Crippen molar-refractivity contribution in [3.05, 3.63) is 51.5 Å². The van der Waals surface area contributed by atoms with Crippen molar-refractivity contribution in [2.24, 2.45) is 0 Å². The van der Waals surface area contributed by atoms with Gasteiger partial charge in [0.1, 0.15) is 0 Å². The SMILES string of the molecule is Cc1nc(CNC(C)c2ccccc2C(F)(F)F)cs1. The summed E-state index contributed by atoms with van der Waals surface area (Å²) in [5.74, 6) is 0. The zero-order chi connectivity index (χ0) is 14.8. The Hall–Kier alpha value is -1.40. The molecule has 2 aromatic rings. The van der Waals surface area contributed by atoms with Gasteiger partial charge in [0.05, 0.1) is 16.3 Å². The highest BCUT2D eigenvalue weighted by Gasteiger charge is 2.33. The Morgan fingerprint density at radius 2 is 2.00 bits per heavy atom. The van der Waals surface area contributed by atoms with Crippen LogP contribution in [0.2, 0.25) is 0 Å². The highest BCUT2D eigenvalue weighted by Crippen LogP contribution is 2.34. The lowest BCUT2D eigenvalue weighted by atomic mass is 10.0. The van der Waals surface area contributed by atoms with Crippen molar-refractivity contribution < 1.29 is 13.2 Å². The first kappa shape index (κ1) is 15.0. The van der Waals surface area contributed by atoms with E-state index in [0.717, 1.165) is 16.8 Å². The number of alkyl halides is 3. The van der Waals surface area contributed by atoms with E-state index in [-0.39, 0.29) is 5.56 Å².